The minimum absolute atomic E-state index is 0.236. The molecule has 1 aromatic carbocycles. The van der Waals surface area contributed by atoms with E-state index in [9.17, 15) is 19.5 Å². The number of unbranched alkanes of at least 4 members (excludes halogenated alkanes) is 1. The quantitative estimate of drug-likeness (QED) is 0.615. The lowest BCUT2D eigenvalue weighted by atomic mass is 9.82. The Kier molecular flexibility index (Phi) is 7.71. The van der Waals surface area contributed by atoms with Gasteiger partial charge in [0, 0.05) is 30.0 Å². The van der Waals surface area contributed by atoms with Gasteiger partial charge in [0.2, 0.25) is 0 Å². The number of benzene rings is 1. The van der Waals surface area contributed by atoms with Gasteiger partial charge in [-0.3, -0.25) is 4.79 Å². The number of carboxylic acid groups (broad SMARTS) is 1. The van der Waals surface area contributed by atoms with Crippen molar-refractivity contribution < 1.29 is 23.8 Å². The SMILES string of the molecule is CCCCc1cc(=O)oc2cc(O[C@H](C)C(=O)NCC3CCC(C(=O)[O-])CC3)ccc12. The fraction of sp³-hybridized carbons (Fsp3) is 0.542. The molecule has 1 N–H and O–H groups in total. The molecule has 1 amide bonds. The monoisotopic (exact) mass is 428 g/mol. The van der Waals surface area contributed by atoms with E-state index in [-0.39, 0.29) is 17.7 Å². The summed E-state index contributed by atoms with van der Waals surface area (Å²) in [4.78, 5) is 35.3. The fourth-order valence-electron chi connectivity index (χ4n) is 4.11. The van der Waals surface area contributed by atoms with Crippen molar-refractivity contribution >= 4 is 22.8 Å². The molecule has 3 rings (SSSR count). The fourth-order valence-corrected chi connectivity index (χ4v) is 4.11. The average molecular weight is 429 g/mol. The molecule has 0 radical (unpaired) electrons. The number of fused-ring (bicyclic) bond motifs is 1. The maximum absolute atomic E-state index is 12.4. The molecule has 0 aliphatic heterocycles. The van der Waals surface area contributed by atoms with E-state index >= 15 is 0 Å². The third-order valence-corrected chi connectivity index (χ3v) is 6.03. The van der Waals surface area contributed by atoms with Gasteiger partial charge < -0.3 is 24.4 Å². The minimum atomic E-state index is -0.979. The van der Waals surface area contributed by atoms with Crippen molar-refractivity contribution in [3.63, 3.8) is 0 Å². The topological polar surface area (TPSA) is 109 Å². The van der Waals surface area contributed by atoms with Crippen LogP contribution in [-0.2, 0) is 16.0 Å². The highest BCUT2D eigenvalue weighted by Gasteiger charge is 2.23. The van der Waals surface area contributed by atoms with Crippen LogP contribution in [0.5, 0.6) is 5.75 Å². The van der Waals surface area contributed by atoms with E-state index in [4.69, 9.17) is 9.15 Å². The first-order chi connectivity index (χ1) is 14.9. The molecule has 1 fully saturated rings. The van der Waals surface area contributed by atoms with Gasteiger partial charge in [0.1, 0.15) is 11.3 Å². The van der Waals surface area contributed by atoms with Crippen molar-refractivity contribution in [2.75, 3.05) is 6.54 Å². The molecule has 0 unspecified atom stereocenters. The van der Waals surface area contributed by atoms with Crippen molar-refractivity contribution in [1.29, 1.82) is 0 Å². The zero-order chi connectivity index (χ0) is 22.4. The number of nitrogens with one attached hydrogen (secondary N) is 1. The largest absolute Gasteiger partial charge is 0.550 e. The van der Waals surface area contributed by atoms with Gasteiger partial charge in [-0.15, -0.1) is 0 Å². The van der Waals surface area contributed by atoms with Gasteiger partial charge in [-0.05, 0) is 75.0 Å². The average Bonchev–Trinajstić information content (AvgIpc) is 2.75. The molecule has 1 aliphatic carbocycles. The molecule has 2 aromatic rings. The Hall–Kier alpha value is -2.83. The van der Waals surface area contributed by atoms with Gasteiger partial charge >= 0.3 is 5.63 Å². The maximum atomic E-state index is 12.4. The summed E-state index contributed by atoms with van der Waals surface area (Å²) < 4.78 is 11.1. The standard InChI is InChI=1S/C24H31NO6/c1-3-4-5-18-12-22(26)31-21-13-19(10-11-20(18)21)30-15(2)23(27)25-14-16-6-8-17(9-7-16)24(28)29/h10-13,15-17H,3-9,14H2,1-2H3,(H,25,27)(H,28,29)/p-1/t15-,16?,17?/m1/s1. The zero-order valence-electron chi connectivity index (χ0n) is 18.1. The van der Waals surface area contributed by atoms with Crippen LogP contribution in [-0.4, -0.2) is 24.5 Å². The van der Waals surface area contributed by atoms with Gasteiger partial charge in [-0.1, -0.05) is 13.3 Å². The summed E-state index contributed by atoms with van der Waals surface area (Å²) in [6.07, 6.45) is 4.83. The van der Waals surface area contributed by atoms with Crippen LogP contribution in [0.25, 0.3) is 11.0 Å². The molecule has 1 aromatic heterocycles. The number of carboxylic acids is 1. The Balaban J connectivity index is 1.57. The highest BCUT2D eigenvalue weighted by Crippen LogP contribution is 2.28. The smallest absolute Gasteiger partial charge is 0.336 e. The van der Waals surface area contributed by atoms with E-state index in [1.54, 1.807) is 19.1 Å². The number of ether oxygens (including phenoxy) is 1. The van der Waals surface area contributed by atoms with Crippen molar-refractivity contribution in [1.82, 2.24) is 5.32 Å². The highest BCUT2D eigenvalue weighted by atomic mass is 16.5. The van der Waals surface area contributed by atoms with Crippen LogP contribution >= 0.6 is 0 Å². The third kappa shape index (κ3) is 6.09. The number of amides is 1. The second-order valence-electron chi connectivity index (χ2n) is 8.39. The van der Waals surface area contributed by atoms with Crippen LogP contribution in [0.15, 0.2) is 33.5 Å². The number of rotatable bonds is 9. The molecule has 0 saturated heterocycles. The summed E-state index contributed by atoms with van der Waals surface area (Å²) in [5.74, 6) is -0.859. The molecule has 1 heterocycles. The second kappa shape index (κ2) is 10.5. The summed E-state index contributed by atoms with van der Waals surface area (Å²) in [5.41, 5.74) is 1.02. The van der Waals surface area contributed by atoms with E-state index in [0.717, 1.165) is 43.1 Å². The Bertz CT molecular complexity index is 974. The predicted molar refractivity (Wildman–Crippen MR) is 115 cm³/mol. The first kappa shape index (κ1) is 22.8. The van der Waals surface area contributed by atoms with Crippen LogP contribution in [0, 0.1) is 11.8 Å². The van der Waals surface area contributed by atoms with Crippen molar-refractivity contribution in [3.8, 4) is 5.75 Å². The van der Waals surface area contributed by atoms with Crippen molar-refractivity contribution in [3.05, 3.63) is 40.2 Å². The molecule has 0 spiro atoms. The maximum Gasteiger partial charge on any atom is 0.336 e. The van der Waals surface area contributed by atoms with E-state index in [1.165, 1.54) is 6.07 Å². The van der Waals surface area contributed by atoms with Crippen LogP contribution in [0.3, 0.4) is 0 Å². The summed E-state index contributed by atoms with van der Waals surface area (Å²) in [6, 6.07) is 6.83. The van der Waals surface area contributed by atoms with E-state index < -0.39 is 17.7 Å². The van der Waals surface area contributed by atoms with Gasteiger partial charge in [-0.25, -0.2) is 4.79 Å². The van der Waals surface area contributed by atoms with Crippen molar-refractivity contribution in [2.45, 2.75) is 64.9 Å². The molecular weight excluding hydrogens is 398 g/mol. The Morgan fingerprint density at radius 3 is 2.65 bits per heavy atom. The Morgan fingerprint density at radius 1 is 1.23 bits per heavy atom. The van der Waals surface area contributed by atoms with Crippen molar-refractivity contribution in [2.24, 2.45) is 11.8 Å². The number of hydrogen-bond acceptors (Lipinski definition) is 6. The second-order valence-corrected chi connectivity index (χ2v) is 8.39. The first-order valence-electron chi connectivity index (χ1n) is 11.1. The van der Waals surface area contributed by atoms with Gasteiger partial charge in [0.25, 0.3) is 5.91 Å². The van der Waals surface area contributed by atoms with Crippen LogP contribution < -0.4 is 20.8 Å². The number of aliphatic carboxylic acids is 1. The summed E-state index contributed by atoms with van der Waals surface area (Å²) in [6.45, 7) is 4.27. The first-order valence-corrected chi connectivity index (χ1v) is 11.1. The highest BCUT2D eigenvalue weighted by molar-refractivity contribution is 5.83. The van der Waals surface area contributed by atoms with Gasteiger partial charge in [-0.2, -0.15) is 0 Å². The molecule has 168 valence electrons. The summed E-state index contributed by atoms with van der Waals surface area (Å²) >= 11 is 0. The van der Waals surface area contributed by atoms with Crippen LogP contribution in [0.1, 0.15) is 57.9 Å². The number of carbonyl (C=O) groups is 2. The van der Waals surface area contributed by atoms with E-state index in [0.29, 0.717) is 30.7 Å². The number of hydrogen-bond donors (Lipinski definition) is 1. The Morgan fingerprint density at radius 2 is 1.97 bits per heavy atom. The molecule has 7 heteroatoms. The van der Waals surface area contributed by atoms with Crippen LogP contribution in [0.4, 0.5) is 0 Å². The van der Waals surface area contributed by atoms with Crippen LogP contribution in [0.2, 0.25) is 0 Å². The number of aryl methyl sites for hydroxylation is 1. The molecular formula is C24H30NO6-. The molecule has 7 nitrogen and oxygen atoms in total. The minimum Gasteiger partial charge on any atom is -0.550 e. The summed E-state index contributed by atoms with van der Waals surface area (Å²) in [7, 11) is 0. The molecule has 31 heavy (non-hydrogen) atoms. The molecule has 1 saturated carbocycles. The zero-order valence-corrected chi connectivity index (χ0v) is 18.1. The lowest BCUT2D eigenvalue weighted by molar-refractivity contribution is -0.312. The summed E-state index contributed by atoms with van der Waals surface area (Å²) in [5, 5.41) is 14.7. The normalized spacial score (nSPS) is 19.7. The molecule has 1 atom stereocenters. The van der Waals surface area contributed by atoms with E-state index in [2.05, 4.69) is 12.2 Å². The molecule has 0 bridgehead atoms. The van der Waals surface area contributed by atoms with Gasteiger partial charge in [0.15, 0.2) is 6.10 Å². The van der Waals surface area contributed by atoms with Gasteiger partial charge in [0.05, 0.1) is 0 Å². The molecule has 1 aliphatic rings. The third-order valence-electron chi connectivity index (χ3n) is 6.03. The number of carbonyl (C=O) groups excluding carboxylic acids is 2. The lowest BCUT2D eigenvalue weighted by Gasteiger charge is -2.29. The predicted octanol–water partition coefficient (Wildman–Crippen LogP) is 2.58. The van der Waals surface area contributed by atoms with E-state index in [1.807, 2.05) is 6.07 Å². The Labute approximate surface area is 181 Å². The lowest BCUT2D eigenvalue weighted by Crippen LogP contribution is -2.40.